The van der Waals surface area contributed by atoms with Crippen LogP contribution in [0.15, 0.2) is 0 Å². The molecule has 0 saturated carbocycles. The fourth-order valence-electron chi connectivity index (χ4n) is 3.11. The highest BCUT2D eigenvalue weighted by Gasteiger charge is 2.37. The summed E-state index contributed by atoms with van der Waals surface area (Å²) in [4.78, 5) is 5.30. The van der Waals surface area contributed by atoms with Crippen molar-refractivity contribution < 1.29 is 0 Å². The Morgan fingerprint density at radius 3 is 2.29 bits per heavy atom. The van der Waals surface area contributed by atoms with Crippen molar-refractivity contribution in [1.29, 1.82) is 0 Å². The van der Waals surface area contributed by atoms with Crippen molar-refractivity contribution in [3.8, 4) is 0 Å². The Balaban J connectivity index is 1.82. The average Bonchev–Trinajstić information content (AvgIpc) is 2.42. The number of likely N-dealkylation sites (tertiary alicyclic amines) is 1. The highest BCUT2D eigenvalue weighted by atomic mass is 15.3. The molecule has 2 heterocycles. The lowest BCUT2D eigenvalue weighted by atomic mass is 10.1. The number of likely N-dealkylation sites (N-methyl/N-ethyl adjacent to an activating group) is 1. The van der Waals surface area contributed by atoms with Crippen molar-refractivity contribution in [2.24, 2.45) is 0 Å². The summed E-state index contributed by atoms with van der Waals surface area (Å²) < 4.78 is 0. The minimum atomic E-state index is 0.885. The van der Waals surface area contributed by atoms with Gasteiger partial charge in [0.05, 0.1) is 0 Å². The maximum absolute atomic E-state index is 2.79. The van der Waals surface area contributed by atoms with Gasteiger partial charge in [0, 0.05) is 25.2 Å². The van der Waals surface area contributed by atoms with Crippen molar-refractivity contribution in [2.75, 3.05) is 26.7 Å². The maximum atomic E-state index is 2.79. The van der Waals surface area contributed by atoms with E-state index in [2.05, 4.69) is 23.8 Å². The SMILES string of the molecule is CCCCCN1C2CCC1CN(C)C2. The first-order valence-electron chi connectivity index (χ1n) is 6.25. The molecular weight excluding hydrogens is 172 g/mol. The molecule has 2 fully saturated rings. The molecule has 2 rings (SSSR count). The fourth-order valence-corrected chi connectivity index (χ4v) is 3.11. The fraction of sp³-hybridized carbons (Fsp3) is 1.00. The van der Waals surface area contributed by atoms with Crippen LogP contribution >= 0.6 is 0 Å². The molecule has 2 unspecified atom stereocenters. The summed E-state index contributed by atoms with van der Waals surface area (Å²) in [6.07, 6.45) is 7.06. The molecule has 2 aliphatic rings. The van der Waals surface area contributed by atoms with Crippen molar-refractivity contribution in [3.05, 3.63) is 0 Å². The molecule has 14 heavy (non-hydrogen) atoms. The van der Waals surface area contributed by atoms with Crippen LogP contribution in [0.25, 0.3) is 0 Å². The molecule has 0 N–H and O–H groups in total. The van der Waals surface area contributed by atoms with Gasteiger partial charge in [0.15, 0.2) is 0 Å². The minimum absolute atomic E-state index is 0.885. The third-order valence-electron chi connectivity index (χ3n) is 3.84. The van der Waals surface area contributed by atoms with Crippen molar-refractivity contribution in [2.45, 2.75) is 51.1 Å². The van der Waals surface area contributed by atoms with Gasteiger partial charge in [0.2, 0.25) is 0 Å². The Kier molecular flexibility index (Phi) is 3.45. The zero-order valence-electron chi connectivity index (χ0n) is 9.71. The maximum Gasteiger partial charge on any atom is 0.0227 e. The first kappa shape index (κ1) is 10.4. The first-order valence-corrected chi connectivity index (χ1v) is 6.25. The predicted octanol–water partition coefficient (Wildman–Crippen LogP) is 1.95. The van der Waals surface area contributed by atoms with Crippen molar-refractivity contribution in [3.63, 3.8) is 0 Å². The van der Waals surface area contributed by atoms with E-state index in [9.17, 15) is 0 Å². The van der Waals surface area contributed by atoms with Crippen LogP contribution in [0.5, 0.6) is 0 Å². The standard InChI is InChI=1S/C12H24N2/c1-3-4-5-8-14-11-6-7-12(14)10-13(2)9-11/h11-12H,3-10H2,1-2H3. The van der Waals surface area contributed by atoms with Crippen LogP contribution in [0.2, 0.25) is 0 Å². The highest BCUT2D eigenvalue weighted by Crippen LogP contribution is 2.29. The van der Waals surface area contributed by atoms with E-state index in [0.29, 0.717) is 0 Å². The van der Waals surface area contributed by atoms with E-state index in [-0.39, 0.29) is 0 Å². The molecule has 0 radical (unpaired) electrons. The summed E-state index contributed by atoms with van der Waals surface area (Å²) in [5.41, 5.74) is 0. The van der Waals surface area contributed by atoms with Gasteiger partial charge in [0.25, 0.3) is 0 Å². The van der Waals surface area contributed by atoms with Crippen molar-refractivity contribution >= 4 is 0 Å². The number of piperazine rings is 1. The summed E-state index contributed by atoms with van der Waals surface area (Å²) >= 11 is 0. The van der Waals surface area contributed by atoms with Crippen LogP contribution in [0.4, 0.5) is 0 Å². The van der Waals surface area contributed by atoms with Gasteiger partial charge in [-0.05, 0) is 32.9 Å². The molecule has 0 aliphatic carbocycles. The van der Waals surface area contributed by atoms with Crippen LogP contribution in [0.1, 0.15) is 39.0 Å². The Morgan fingerprint density at radius 1 is 1.07 bits per heavy atom. The number of hydrogen-bond acceptors (Lipinski definition) is 2. The van der Waals surface area contributed by atoms with E-state index < -0.39 is 0 Å². The normalized spacial score (nSPS) is 33.9. The van der Waals surface area contributed by atoms with Gasteiger partial charge in [-0.3, -0.25) is 4.90 Å². The van der Waals surface area contributed by atoms with E-state index in [1.54, 1.807) is 0 Å². The van der Waals surface area contributed by atoms with Gasteiger partial charge < -0.3 is 4.90 Å². The number of rotatable bonds is 4. The summed E-state index contributed by atoms with van der Waals surface area (Å²) in [6, 6.07) is 1.77. The van der Waals surface area contributed by atoms with Gasteiger partial charge >= 0.3 is 0 Å². The van der Waals surface area contributed by atoms with Crippen LogP contribution in [-0.4, -0.2) is 48.6 Å². The average molecular weight is 196 g/mol. The third-order valence-corrected chi connectivity index (χ3v) is 3.84. The van der Waals surface area contributed by atoms with E-state index >= 15 is 0 Å². The minimum Gasteiger partial charge on any atom is -0.303 e. The van der Waals surface area contributed by atoms with Crippen molar-refractivity contribution in [1.82, 2.24) is 9.80 Å². The zero-order chi connectivity index (χ0) is 9.97. The monoisotopic (exact) mass is 196 g/mol. The van der Waals surface area contributed by atoms with E-state index in [1.807, 2.05) is 0 Å². The number of nitrogens with zero attached hydrogens (tertiary/aromatic N) is 2. The number of hydrogen-bond donors (Lipinski definition) is 0. The number of fused-ring (bicyclic) bond motifs is 2. The highest BCUT2D eigenvalue weighted by molar-refractivity contribution is 4.94. The molecule has 2 nitrogen and oxygen atoms in total. The second-order valence-corrected chi connectivity index (χ2v) is 5.05. The smallest absolute Gasteiger partial charge is 0.0227 e. The topological polar surface area (TPSA) is 6.48 Å². The predicted molar refractivity (Wildman–Crippen MR) is 60.5 cm³/mol. The van der Waals surface area contributed by atoms with Crippen LogP contribution in [-0.2, 0) is 0 Å². The van der Waals surface area contributed by atoms with Gasteiger partial charge in [-0.2, -0.15) is 0 Å². The number of unbranched alkanes of at least 4 members (excludes halogenated alkanes) is 2. The molecule has 2 heteroatoms. The molecule has 82 valence electrons. The second kappa shape index (κ2) is 4.63. The van der Waals surface area contributed by atoms with Crippen LogP contribution < -0.4 is 0 Å². The van der Waals surface area contributed by atoms with E-state index in [4.69, 9.17) is 0 Å². The molecule has 0 aromatic heterocycles. The Labute approximate surface area is 88.3 Å². The Bertz CT molecular complexity index is 167. The van der Waals surface area contributed by atoms with E-state index in [0.717, 1.165) is 12.1 Å². The lowest BCUT2D eigenvalue weighted by Gasteiger charge is -2.39. The summed E-state index contributed by atoms with van der Waals surface area (Å²) in [5.74, 6) is 0. The largest absolute Gasteiger partial charge is 0.303 e. The molecular formula is C12H24N2. The van der Waals surface area contributed by atoms with Gasteiger partial charge in [-0.1, -0.05) is 19.8 Å². The van der Waals surface area contributed by atoms with E-state index in [1.165, 1.54) is 51.7 Å². The molecule has 0 amide bonds. The molecule has 0 aromatic rings. The molecule has 2 aliphatic heterocycles. The second-order valence-electron chi connectivity index (χ2n) is 5.05. The zero-order valence-corrected chi connectivity index (χ0v) is 9.71. The molecule has 0 aromatic carbocycles. The van der Waals surface area contributed by atoms with Gasteiger partial charge in [-0.25, -0.2) is 0 Å². The quantitative estimate of drug-likeness (QED) is 0.634. The van der Waals surface area contributed by atoms with Gasteiger partial charge in [0.1, 0.15) is 0 Å². The van der Waals surface area contributed by atoms with Crippen LogP contribution in [0.3, 0.4) is 0 Å². The molecule has 2 saturated heterocycles. The lowest BCUT2D eigenvalue weighted by molar-refractivity contribution is 0.0810. The molecule has 0 spiro atoms. The molecule has 2 atom stereocenters. The lowest BCUT2D eigenvalue weighted by Crippen LogP contribution is -2.52. The van der Waals surface area contributed by atoms with Crippen LogP contribution in [0, 0.1) is 0 Å². The Hall–Kier alpha value is -0.0800. The Morgan fingerprint density at radius 2 is 1.71 bits per heavy atom. The summed E-state index contributed by atoms with van der Waals surface area (Å²) in [7, 11) is 2.27. The summed E-state index contributed by atoms with van der Waals surface area (Å²) in [6.45, 7) is 6.26. The molecule has 2 bridgehead atoms. The van der Waals surface area contributed by atoms with Gasteiger partial charge in [-0.15, -0.1) is 0 Å². The summed E-state index contributed by atoms with van der Waals surface area (Å²) in [5, 5.41) is 0. The third kappa shape index (κ3) is 2.12. The first-order chi connectivity index (χ1) is 6.81.